The first-order valence-corrected chi connectivity index (χ1v) is 7.28. The van der Waals surface area contributed by atoms with Crippen molar-refractivity contribution < 1.29 is 13.9 Å². The van der Waals surface area contributed by atoms with Crippen molar-refractivity contribution in [3.8, 4) is 0 Å². The molecule has 3 rings (SSSR count). The second kappa shape index (κ2) is 5.67. The summed E-state index contributed by atoms with van der Waals surface area (Å²) in [6.07, 6.45) is 0. The number of hydrogen-bond acceptors (Lipinski definition) is 4. The Labute approximate surface area is 128 Å². The first kappa shape index (κ1) is 14.4. The molecule has 5 nitrogen and oxygen atoms in total. The van der Waals surface area contributed by atoms with Crippen molar-refractivity contribution in [1.29, 1.82) is 0 Å². The summed E-state index contributed by atoms with van der Waals surface area (Å²) < 4.78 is 12.9. The third-order valence-corrected chi connectivity index (χ3v) is 3.77. The molecule has 3 aromatic rings. The fourth-order valence-electron chi connectivity index (χ4n) is 2.68. The standard InChI is InChI=1S/C17H18N2O3/c1-4-19-11(2)9-13(12(19)3)17(20)21-10-16-18-14-7-5-6-8-15(14)22-16/h5-9H,4,10H2,1-3H3. The number of nitrogens with zero attached hydrogens (tertiary/aromatic N) is 2. The fourth-order valence-corrected chi connectivity index (χ4v) is 2.68. The lowest BCUT2D eigenvalue weighted by Gasteiger charge is -2.05. The fraction of sp³-hybridized carbons (Fsp3) is 0.294. The van der Waals surface area contributed by atoms with E-state index < -0.39 is 0 Å². The number of rotatable bonds is 4. The van der Waals surface area contributed by atoms with Gasteiger partial charge in [0.2, 0.25) is 5.89 Å². The van der Waals surface area contributed by atoms with Gasteiger partial charge in [-0.3, -0.25) is 0 Å². The van der Waals surface area contributed by atoms with E-state index in [1.54, 1.807) is 0 Å². The molecule has 2 aromatic heterocycles. The predicted molar refractivity (Wildman–Crippen MR) is 82.7 cm³/mol. The molecule has 0 amide bonds. The Kier molecular flexibility index (Phi) is 3.71. The van der Waals surface area contributed by atoms with Crippen LogP contribution in [-0.2, 0) is 17.9 Å². The van der Waals surface area contributed by atoms with E-state index in [-0.39, 0.29) is 12.6 Å². The molecule has 0 aliphatic heterocycles. The van der Waals surface area contributed by atoms with Crippen molar-refractivity contribution in [2.24, 2.45) is 0 Å². The SMILES string of the molecule is CCn1c(C)cc(C(=O)OCc2nc3ccccc3o2)c1C. The highest BCUT2D eigenvalue weighted by Crippen LogP contribution is 2.18. The summed E-state index contributed by atoms with van der Waals surface area (Å²) in [7, 11) is 0. The van der Waals surface area contributed by atoms with Crippen molar-refractivity contribution in [1.82, 2.24) is 9.55 Å². The number of esters is 1. The van der Waals surface area contributed by atoms with Crippen LogP contribution in [0.2, 0.25) is 0 Å². The number of ether oxygens (including phenoxy) is 1. The minimum atomic E-state index is -0.352. The van der Waals surface area contributed by atoms with Crippen LogP contribution in [0.15, 0.2) is 34.7 Å². The number of hydrogen-bond donors (Lipinski definition) is 0. The first-order valence-electron chi connectivity index (χ1n) is 7.28. The molecule has 0 atom stereocenters. The van der Waals surface area contributed by atoms with Crippen LogP contribution in [0, 0.1) is 13.8 Å². The molecule has 22 heavy (non-hydrogen) atoms. The van der Waals surface area contributed by atoms with Crippen molar-refractivity contribution in [2.75, 3.05) is 0 Å². The van der Waals surface area contributed by atoms with Gasteiger partial charge in [0.05, 0.1) is 5.56 Å². The van der Waals surface area contributed by atoms with Crippen LogP contribution in [-0.4, -0.2) is 15.5 Å². The van der Waals surface area contributed by atoms with Gasteiger partial charge in [-0.1, -0.05) is 12.1 Å². The highest BCUT2D eigenvalue weighted by Gasteiger charge is 2.17. The lowest BCUT2D eigenvalue weighted by molar-refractivity contribution is 0.0439. The third kappa shape index (κ3) is 2.50. The van der Waals surface area contributed by atoms with Crippen LogP contribution in [0.3, 0.4) is 0 Å². The number of oxazole rings is 1. The molecular weight excluding hydrogens is 280 g/mol. The second-order valence-corrected chi connectivity index (χ2v) is 5.18. The van der Waals surface area contributed by atoms with Gasteiger partial charge in [0.25, 0.3) is 0 Å². The van der Waals surface area contributed by atoms with Crippen LogP contribution in [0.4, 0.5) is 0 Å². The van der Waals surface area contributed by atoms with Gasteiger partial charge >= 0.3 is 5.97 Å². The molecule has 114 valence electrons. The summed E-state index contributed by atoms with van der Waals surface area (Å²) in [5.41, 5.74) is 4.02. The second-order valence-electron chi connectivity index (χ2n) is 5.18. The van der Waals surface area contributed by atoms with Crippen LogP contribution in [0.5, 0.6) is 0 Å². The molecule has 0 saturated heterocycles. The molecule has 0 bridgehead atoms. The van der Waals surface area contributed by atoms with E-state index in [9.17, 15) is 4.79 Å². The van der Waals surface area contributed by atoms with Crippen molar-refractivity contribution in [2.45, 2.75) is 33.9 Å². The summed E-state index contributed by atoms with van der Waals surface area (Å²) in [5.74, 6) is 0.0499. The Morgan fingerprint density at radius 1 is 1.32 bits per heavy atom. The van der Waals surface area contributed by atoms with E-state index in [2.05, 4.69) is 9.55 Å². The maximum atomic E-state index is 12.2. The zero-order valence-electron chi connectivity index (χ0n) is 12.9. The Morgan fingerprint density at radius 2 is 2.09 bits per heavy atom. The zero-order valence-corrected chi connectivity index (χ0v) is 12.9. The summed E-state index contributed by atoms with van der Waals surface area (Å²) in [4.78, 5) is 16.5. The molecule has 0 unspecified atom stereocenters. The van der Waals surface area contributed by atoms with Crippen LogP contribution < -0.4 is 0 Å². The van der Waals surface area contributed by atoms with E-state index in [0.717, 1.165) is 23.4 Å². The number of fused-ring (bicyclic) bond motifs is 1. The third-order valence-electron chi connectivity index (χ3n) is 3.77. The molecule has 0 fully saturated rings. The molecule has 2 heterocycles. The number of carbonyl (C=O) groups is 1. The van der Waals surface area contributed by atoms with Gasteiger partial charge < -0.3 is 13.7 Å². The van der Waals surface area contributed by atoms with Gasteiger partial charge in [-0.2, -0.15) is 0 Å². The summed E-state index contributed by atoms with van der Waals surface area (Å²) in [5, 5.41) is 0. The van der Waals surface area contributed by atoms with E-state index in [0.29, 0.717) is 17.0 Å². The number of carbonyl (C=O) groups excluding carboxylic acids is 1. The predicted octanol–water partition coefficient (Wildman–Crippen LogP) is 3.62. The Bertz CT molecular complexity index is 797. The highest BCUT2D eigenvalue weighted by molar-refractivity contribution is 5.91. The molecule has 0 spiro atoms. The first-order chi connectivity index (χ1) is 10.6. The van der Waals surface area contributed by atoms with Gasteiger partial charge in [0.1, 0.15) is 5.52 Å². The summed E-state index contributed by atoms with van der Waals surface area (Å²) in [6, 6.07) is 9.32. The normalized spacial score (nSPS) is 11.0. The molecular formula is C17H18N2O3. The summed E-state index contributed by atoms with van der Waals surface area (Å²) >= 11 is 0. The average Bonchev–Trinajstić information content (AvgIpc) is 3.05. The molecule has 5 heteroatoms. The van der Waals surface area contributed by atoms with Gasteiger partial charge in [0.15, 0.2) is 12.2 Å². The van der Waals surface area contributed by atoms with Gasteiger partial charge in [0, 0.05) is 17.9 Å². The van der Waals surface area contributed by atoms with Gasteiger partial charge in [-0.05, 0) is 39.0 Å². The maximum Gasteiger partial charge on any atom is 0.340 e. The van der Waals surface area contributed by atoms with Gasteiger partial charge in [-0.25, -0.2) is 9.78 Å². The number of para-hydroxylation sites is 2. The molecule has 0 radical (unpaired) electrons. The van der Waals surface area contributed by atoms with Gasteiger partial charge in [-0.15, -0.1) is 0 Å². The highest BCUT2D eigenvalue weighted by atomic mass is 16.5. The zero-order chi connectivity index (χ0) is 15.7. The largest absolute Gasteiger partial charge is 0.452 e. The quantitative estimate of drug-likeness (QED) is 0.690. The van der Waals surface area contributed by atoms with E-state index >= 15 is 0 Å². The average molecular weight is 298 g/mol. The van der Waals surface area contributed by atoms with E-state index in [1.165, 1.54) is 0 Å². The van der Waals surface area contributed by atoms with Crippen LogP contribution in [0.1, 0.15) is 34.6 Å². The Hall–Kier alpha value is -2.56. The molecule has 1 aromatic carbocycles. The number of aryl methyl sites for hydroxylation is 1. The molecule has 0 saturated carbocycles. The number of aromatic nitrogens is 2. The van der Waals surface area contributed by atoms with Crippen molar-refractivity contribution >= 4 is 17.1 Å². The lowest BCUT2D eigenvalue weighted by atomic mass is 10.2. The van der Waals surface area contributed by atoms with E-state index in [4.69, 9.17) is 9.15 Å². The minimum absolute atomic E-state index is 0.0311. The summed E-state index contributed by atoms with van der Waals surface area (Å²) in [6.45, 7) is 6.81. The Morgan fingerprint density at radius 3 is 2.77 bits per heavy atom. The Balaban J connectivity index is 1.74. The van der Waals surface area contributed by atoms with Crippen LogP contribution in [0.25, 0.3) is 11.1 Å². The molecule has 0 aliphatic carbocycles. The topological polar surface area (TPSA) is 57.3 Å². The van der Waals surface area contributed by atoms with Crippen molar-refractivity contribution in [3.63, 3.8) is 0 Å². The minimum Gasteiger partial charge on any atom is -0.452 e. The lowest BCUT2D eigenvalue weighted by Crippen LogP contribution is -2.07. The van der Waals surface area contributed by atoms with E-state index in [1.807, 2.05) is 51.1 Å². The van der Waals surface area contributed by atoms with Crippen LogP contribution >= 0.6 is 0 Å². The maximum absolute atomic E-state index is 12.2. The molecule has 0 N–H and O–H groups in total. The number of benzene rings is 1. The smallest absolute Gasteiger partial charge is 0.340 e. The van der Waals surface area contributed by atoms with Crippen molar-refractivity contribution in [3.05, 3.63) is 53.2 Å². The monoisotopic (exact) mass is 298 g/mol. The molecule has 0 aliphatic rings.